The summed E-state index contributed by atoms with van der Waals surface area (Å²) in [6.07, 6.45) is 7.03. The Labute approximate surface area is 193 Å². The molecule has 0 atom stereocenters. The van der Waals surface area contributed by atoms with Crippen LogP contribution in [-0.4, -0.2) is 47.2 Å². The maximum Gasteiger partial charge on any atom is 0.118 e. The fourth-order valence-corrected chi connectivity index (χ4v) is 6.84. The molecule has 164 valence electrons. The van der Waals surface area contributed by atoms with Crippen LogP contribution in [0.5, 0.6) is 5.75 Å². The van der Waals surface area contributed by atoms with Crippen LogP contribution in [0, 0.1) is 0 Å². The Hall–Kier alpha value is -2.63. The first-order chi connectivity index (χ1) is 15.8. The molecule has 2 aromatic carbocycles. The van der Waals surface area contributed by atoms with Gasteiger partial charge in [0.05, 0.1) is 11.2 Å². The Morgan fingerprint density at radius 2 is 1.72 bits per heavy atom. The van der Waals surface area contributed by atoms with Crippen molar-refractivity contribution in [3.63, 3.8) is 0 Å². The molecule has 32 heavy (non-hydrogen) atoms. The zero-order chi connectivity index (χ0) is 21.5. The number of nitrogens with zero attached hydrogens (tertiary/aromatic N) is 3. The Balaban J connectivity index is 1.10. The van der Waals surface area contributed by atoms with Gasteiger partial charge in [0.15, 0.2) is 0 Å². The molecule has 0 radical (unpaired) electrons. The van der Waals surface area contributed by atoms with Crippen LogP contribution in [0.2, 0.25) is 0 Å². The van der Waals surface area contributed by atoms with E-state index in [4.69, 9.17) is 0 Å². The molecule has 4 nitrogen and oxygen atoms in total. The van der Waals surface area contributed by atoms with Crippen molar-refractivity contribution >= 4 is 38.0 Å². The van der Waals surface area contributed by atoms with E-state index in [0.29, 0.717) is 17.7 Å². The van der Waals surface area contributed by atoms with Gasteiger partial charge in [0.2, 0.25) is 0 Å². The highest BCUT2D eigenvalue weighted by Crippen LogP contribution is 2.40. The molecule has 1 aliphatic carbocycles. The third kappa shape index (κ3) is 3.63. The van der Waals surface area contributed by atoms with E-state index in [9.17, 15) is 5.11 Å². The fraction of sp³-hybridized carbons (Fsp3) is 0.370. The van der Waals surface area contributed by atoms with Gasteiger partial charge in [-0.15, -0.1) is 11.3 Å². The quantitative estimate of drug-likeness (QED) is 0.421. The van der Waals surface area contributed by atoms with Gasteiger partial charge < -0.3 is 10.0 Å². The summed E-state index contributed by atoms with van der Waals surface area (Å²) in [5.41, 5.74) is 3.63. The first kappa shape index (κ1) is 20.0. The lowest BCUT2D eigenvalue weighted by molar-refractivity contribution is 0.141. The summed E-state index contributed by atoms with van der Waals surface area (Å²) in [6.45, 7) is 4.15. The Bertz CT molecular complexity index is 1240. The fourth-order valence-electron chi connectivity index (χ4n) is 5.79. The molecule has 4 aromatic rings. The normalized spacial score (nSPS) is 22.6. The molecular weight excluding hydrogens is 414 g/mol. The topological polar surface area (TPSA) is 39.6 Å². The van der Waals surface area contributed by atoms with Gasteiger partial charge in [-0.05, 0) is 66.1 Å². The van der Waals surface area contributed by atoms with Gasteiger partial charge in [-0.2, -0.15) is 0 Å². The lowest BCUT2D eigenvalue weighted by Crippen LogP contribution is -2.51. The van der Waals surface area contributed by atoms with Crippen LogP contribution < -0.4 is 4.90 Å². The van der Waals surface area contributed by atoms with Crippen LogP contribution in [0.15, 0.2) is 60.1 Å². The molecule has 6 rings (SSSR count). The van der Waals surface area contributed by atoms with E-state index in [1.54, 1.807) is 11.6 Å². The smallest absolute Gasteiger partial charge is 0.118 e. The number of phenols is 1. The number of pyridine rings is 1. The lowest BCUT2D eigenvalue weighted by Gasteiger charge is -2.42. The van der Waals surface area contributed by atoms with E-state index in [2.05, 4.69) is 44.4 Å². The van der Waals surface area contributed by atoms with Crippen molar-refractivity contribution in [2.45, 2.75) is 37.6 Å². The molecule has 0 unspecified atom stereocenters. The van der Waals surface area contributed by atoms with Crippen molar-refractivity contribution in [3.05, 3.63) is 65.7 Å². The highest BCUT2D eigenvalue weighted by Gasteiger charge is 2.30. The molecule has 3 heterocycles. The number of hydrogen-bond acceptors (Lipinski definition) is 5. The van der Waals surface area contributed by atoms with Crippen molar-refractivity contribution < 1.29 is 5.11 Å². The Morgan fingerprint density at radius 1 is 0.906 bits per heavy atom. The number of aromatic hydroxyl groups is 1. The van der Waals surface area contributed by atoms with Gasteiger partial charge in [-0.25, -0.2) is 0 Å². The predicted molar refractivity (Wildman–Crippen MR) is 134 cm³/mol. The molecular formula is C27H29N3OS. The third-order valence-electron chi connectivity index (χ3n) is 7.49. The van der Waals surface area contributed by atoms with E-state index in [1.807, 2.05) is 35.7 Å². The van der Waals surface area contributed by atoms with E-state index >= 15 is 0 Å². The van der Waals surface area contributed by atoms with Gasteiger partial charge in [0, 0.05) is 54.6 Å². The summed E-state index contributed by atoms with van der Waals surface area (Å²) in [5.74, 6) is 1.04. The number of anilines is 1. The van der Waals surface area contributed by atoms with Crippen LogP contribution in [0.25, 0.3) is 21.0 Å². The maximum atomic E-state index is 10.2. The summed E-state index contributed by atoms with van der Waals surface area (Å²) < 4.78 is 1.43. The first-order valence-corrected chi connectivity index (χ1v) is 12.7. The van der Waals surface area contributed by atoms with Gasteiger partial charge in [-0.3, -0.25) is 9.88 Å². The molecule has 0 amide bonds. The number of thiophene rings is 1. The second kappa shape index (κ2) is 8.38. The zero-order valence-corrected chi connectivity index (χ0v) is 19.1. The van der Waals surface area contributed by atoms with Crippen molar-refractivity contribution in [1.29, 1.82) is 0 Å². The van der Waals surface area contributed by atoms with Crippen LogP contribution in [0.4, 0.5) is 5.69 Å². The van der Waals surface area contributed by atoms with Crippen LogP contribution >= 0.6 is 11.3 Å². The largest absolute Gasteiger partial charge is 0.508 e. The van der Waals surface area contributed by atoms with E-state index < -0.39 is 0 Å². The van der Waals surface area contributed by atoms with Crippen molar-refractivity contribution in [1.82, 2.24) is 9.88 Å². The average Bonchev–Trinajstić information content (AvgIpc) is 3.28. The van der Waals surface area contributed by atoms with Crippen molar-refractivity contribution in [2.75, 3.05) is 31.1 Å². The number of fused-ring (bicyclic) bond motifs is 2. The molecule has 2 aromatic heterocycles. The molecule has 0 spiro atoms. The van der Waals surface area contributed by atoms with Gasteiger partial charge in [-0.1, -0.05) is 24.3 Å². The average molecular weight is 444 g/mol. The number of hydrogen-bond donors (Lipinski definition) is 1. The van der Waals surface area contributed by atoms with Crippen LogP contribution in [0.3, 0.4) is 0 Å². The van der Waals surface area contributed by atoms with Crippen molar-refractivity contribution in [2.24, 2.45) is 0 Å². The zero-order valence-electron chi connectivity index (χ0n) is 18.3. The molecule has 0 bridgehead atoms. The summed E-state index contributed by atoms with van der Waals surface area (Å²) >= 11 is 1.90. The molecule has 1 saturated heterocycles. The molecule has 1 N–H and O–H groups in total. The molecule has 2 fully saturated rings. The van der Waals surface area contributed by atoms with E-state index in [0.717, 1.165) is 42.8 Å². The summed E-state index contributed by atoms with van der Waals surface area (Å²) in [7, 11) is 0. The SMILES string of the molecule is Oc1cc(N2CCN(C3CCC(c4csc5ccccc45)CC3)CC2)c2ncccc2c1. The summed E-state index contributed by atoms with van der Waals surface area (Å²) in [6, 6.07) is 17.2. The third-order valence-corrected chi connectivity index (χ3v) is 8.47. The van der Waals surface area contributed by atoms with E-state index in [-0.39, 0.29) is 0 Å². The molecule has 2 aliphatic rings. The number of phenolic OH excluding ortho intramolecular Hbond substituents is 1. The minimum Gasteiger partial charge on any atom is -0.508 e. The standard InChI is InChI=1S/C27H29N3OS/c31-22-16-20-4-3-11-28-27(20)25(17-22)30-14-12-29(13-15-30)21-9-7-19(8-10-21)24-18-32-26-6-2-1-5-23(24)26/h1-6,11,16-19,21,31H,7-10,12-15H2. The minimum atomic E-state index is 0.321. The van der Waals surface area contributed by atoms with Gasteiger partial charge in [0.25, 0.3) is 0 Å². The minimum absolute atomic E-state index is 0.321. The van der Waals surface area contributed by atoms with Gasteiger partial charge >= 0.3 is 0 Å². The first-order valence-electron chi connectivity index (χ1n) is 11.8. The van der Waals surface area contributed by atoms with Gasteiger partial charge in [0.1, 0.15) is 5.75 Å². The Kier molecular flexibility index (Phi) is 5.24. The number of piperazine rings is 1. The second-order valence-electron chi connectivity index (χ2n) is 9.26. The van der Waals surface area contributed by atoms with Crippen LogP contribution in [0.1, 0.15) is 37.2 Å². The highest BCUT2D eigenvalue weighted by atomic mass is 32.1. The van der Waals surface area contributed by atoms with Crippen molar-refractivity contribution in [3.8, 4) is 5.75 Å². The van der Waals surface area contributed by atoms with E-state index in [1.165, 1.54) is 35.8 Å². The number of rotatable bonds is 3. The predicted octanol–water partition coefficient (Wildman–Crippen LogP) is 6.00. The highest BCUT2D eigenvalue weighted by molar-refractivity contribution is 7.17. The molecule has 1 aliphatic heterocycles. The monoisotopic (exact) mass is 443 g/mol. The molecule has 5 heteroatoms. The maximum absolute atomic E-state index is 10.2. The number of benzene rings is 2. The second-order valence-corrected chi connectivity index (χ2v) is 10.2. The number of aromatic nitrogens is 1. The van der Waals surface area contributed by atoms with Crippen LogP contribution in [-0.2, 0) is 0 Å². The molecule has 1 saturated carbocycles. The summed E-state index contributed by atoms with van der Waals surface area (Å²) in [4.78, 5) is 9.70. The Morgan fingerprint density at radius 3 is 2.56 bits per heavy atom. The lowest BCUT2D eigenvalue weighted by atomic mass is 9.81. The summed E-state index contributed by atoms with van der Waals surface area (Å²) in [5, 5.41) is 15.1.